The minimum absolute atomic E-state index is 0.0770. The molecule has 1 aliphatic rings. The van der Waals surface area contributed by atoms with Crippen molar-refractivity contribution in [2.45, 2.75) is 51.5 Å². The monoisotopic (exact) mass is 290 g/mol. The number of carbonyl (C=O) groups is 1. The Bertz CT molecular complexity index is 425. The molecule has 0 atom stereocenters. The summed E-state index contributed by atoms with van der Waals surface area (Å²) in [6, 6.07) is 8.11. The van der Waals surface area contributed by atoms with Gasteiger partial charge in [0, 0.05) is 11.7 Å². The van der Waals surface area contributed by atoms with E-state index in [1.54, 1.807) is 0 Å². The number of benzene rings is 1. The smallest absolute Gasteiger partial charge is 0.239 e. The SMILES string of the molecule is CCCOc1ccc(NCC(=O)NC2CCCCC2)cc1. The second kappa shape index (κ2) is 8.55. The van der Waals surface area contributed by atoms with E-state index in [0.29, 0.717) is 12.6 Å². The first-order valence-electron chi connectivity index (χ1n) is 8.04. The lowest BCUT2D eigenvalue weighted by molar-refractivity contribution is -0.120. The highest BCUT2D eigenvalue weighted by atomic mass is 16.5. The third kappa shape index (κ3) is 5.66. The minimum atomic E-state index is 0.0770. The molecule has 0 spiro atoms. The summed E-state index contributed by atoms with van der Waals surface area (Å²) in [5.41, 5.74) is 0.942. The van der Waals surface area contributed by atoms with Gasteiger partial charge in [0.15, 0.2) is 0 Å². The Labute approximate surface area is 127 Å². The Morgan fingerprint density at radius 2 is 1.90 bits per heavy atom. The summed E-state index contributed by atoms with van der Waals surface area (Å²) in [5, 5.41) is 6.25. The van der Waals surface area contributed by atoms with Crippen LogP contribution in [0, 0.1) is 0 Å². The van der Waals surface area contributed by atoms with Crippen LogP contribution in [0.25, 0.3) is 0 Å². The average Bonchev–Trinajstić information content (AvgIpc) is 2.53. The molecular weight excluding hydrogens is 264 g/mol. The van der Waals surface area contributed by atoms with Crippen molar-refractivity contribution < 1.29 is 9.53 Å². The molecule has 1 aromatic carbocycles. The third-order valence-corrected chi connectivity index (χ3v) is 3.75. The number of nitrogens with one attached hydrogen (secondary N) is 2. The topological polar surface area (TPSA) is 50.4 Å². The van der Waals surface area contributed by atoms with Gasteiger partial charge in [-0.2, -0.15) is 0 Å². The molecule has 116 valence electrons. The molecular formula is C17H26N2O2. The Kier molecular flexibility index (Phi) is 6.38. The molecule has 4 nitrogen and oxygen atoms in total. The van der Waals surface area contributed by atoms with Gasteiger partial charge in [0.2, 0.25) is 5.91 Å². The van der Waals surface area contributed by atoms with Crippen molar-refractivity contribution in [2.24, 2.45) is 0 Å². The van der Waals surface area contributed by atoms with Crippen LogP contribution < -0.4 is 15.4 Å². The van der Waals surface area contributed by atoms with Gasteiger partial charge in [-0.3, -0.25) is 4.79 Å². The summed E-state index contributed by atoms with van der Waals surface area (Å²) in [6.45, 7) is 3.14. The normalized spacial score (nSPS) is 15.5. The molecule has 0 heterocycles. The molecule has 2 N–H and O–H groups in total. The molecule has 0 bridgehead atoms. The molecule has 0 aromatic heterocycles. The van der Waals surface area contributed by atoms with Crippen LogP contribution in [0.2, 0.25) is 0 Å². The van der Waals surface area contributed by atoms with Crippen LogP contribution in [-0.4, -0.2) is 25.1 Å². The Balaban J connectivity index is 1.70. The molecule has 1 amide bonds. The number of ether oxygens (including phenoxy) is 1. The van der Waals surface area contributed by atoms with Crippen LogP contribution in [-0.2, 0) is 4.79 Å². The van der Waals surface area contributed by atoms with E-state index in [9.17, 15) is 4.79 Å². The van der Waals surface area contributed by atoms with Crippen LogP contribution >= 0.6 is 0 Å². The summed E-state index contributed by atoms with van der Waals surface area (Å²) < 4.78 is 5.53. The zero-order valence-electron chi connectivity index (χ0n) is 12.9. The first-order valence-corrected chi connectivity index (χ1v) is 8.04. The third-order valence-electron chi connectivity index (χ3n) is 3.75. The summed E-state index contributed by atoms with van der Waals surface area (Å²) in [6.07, 6.45) is 7.01. The van der Waals surface area contributed by atoms with Gasteiger partial charge in [-0.15, -0.1) is 0 Å². The number of hydrogen-bond acceptors (Lipinski definition) is 3. The summed E-state index contributed by atoms with van der Waals surface area (Å²) >= 11 is 0. The van der Waals surface area contributed by atoms with Gasteiger partial charge >= 0.3 is 0 Å². The lowest BCUT2D eigenvalue weighted by atomic mass is 9.95. The van der Waals surface area contributed by atoms with Gasteiger partial charge in [0.25, 0.3) is 0 Å². The van der Waals surface area contributed by atoms with Crippen LogP contribution in [0.4, 0.5) is 5.69 Å². The fourth-order valence-electron chi connectivity index (χ4n) is 2.60. The van der Waals surface area contributed by atoms with Gasteiger partial charge in [-0.25, -0.2) is 0 Å². The van der Waals surface area contributed by atoms with Gasteiger partial charge < -0.3 is 15.4 Å². The molecule has 0 unspecified atom stereocenters. The highest BCUT2D eigenvalue weighted by Crippen LogP contribution is 2.18. The fraction of sp³-hybridized carbons (Fsp3) is 0.588. The molecule has 1 aliphatic carbocycles. The Morgan fingerprint density at radius 3 is 2.57 bits per heavy atom. The second-order valence-electron chi connectivity index (χ2n) is 5.63. The van der Waals surface area contributed by atoms with E-state index in [0.717, 1.165) is 37.3 Å². The van der Waals surface area contributed by atoms with Crippen molar-refractivity contribution >= 4 is 11.6 Å². The number of rotatable bonds is 7. The Morgan fingerprint density at radius 1 is 1.19 bits per heavy atom. The number of hydrogen-bond donors (Lipinski definition) is 2. The maximum Gasteiger partial charge on any atom is 0.239 e. The number of carbonyl (C=O) groups excluding carboxylic acids is 1. The first-order chi connectivity index (χ1) is 10.3. The zero-order valence-corrected chi connectivity index (χ0v) is 12.9. The standard InChI is InChI=1S/C17H26N2O2/c1-2-12-21-16-10-8-14(9-11-16)18-13-17(20)19-15-6-4-3-5-7-15/h8-11,15,18H,2-7,12-13H2,1H3,(H,19,20). The lowest BCUT2D eigenvalue weighted by Gasteiger charge is -2.22. The maximum absolute atomic E-state index is 11.9. The number of anilines is 1. The van der Waals surface area contributed by atoms with E-state index >= 15 is 0 Å². The average molecular weight is 290 g/mol. The van der Waals surface area contributed by atoms with Crippen molar-refractivity contribution in [2.75, 3.05) is 18.5 Å². The van der Waals surface area contributed by atoms with Gasteiger partial charge in [0.1, 0.15) is 5.75 Å². The van der Waals surface area contributed by atoms with Crippen LogP contribution in [0.1, 0.15) is 45.4 Å². The van der Waals surface area contributed by atoms with E-state index in [2.05, 4.69) is 17.6 Å². The van der Waals surface area contributed by atoms with Gasteiger partial charge in [-0.1, -0.05) is 26.2 Å². The number of amides is 1. The predicted octanol–water partition coefficient (Wildman–Crippen LogP) is 3.34. The van der Waals surface area contributed by atoms with Crippen molar-refractivity contribution in [1.82, 2.24) is 5.32 Å². The minimum Gasteiger partial charge on any atom is -0.494 e. The molecule has 0 radical (unpaired) electrons. The largest absolute Gasteiger partial charge is 0.494 e. The predicted molar refractivity (Wildman–Crippen MR) is 85.7 cm³/mol. The second-order valence-corrected chi connectivity index (χ2v) is 5.63. The molecule has 4 heteroatoms. The maximum atomic E-state index is 11.9. The van der Waals surface area contributed by atoms with Crippen LogP contribution in [0.3, 0.4) is 0 Å². The summed E-state index contributed by atoms with van der Waals surface area (Å²) in [7, 11) is 0. The van der Waals surface area contributed by atoms with Crippen molar-refractivity contribution in [1.29, 1.82) is 0 Å². The lowest BCUT2D eigenvalue weighted by Crippen LogP contribution is -2.39. The first kappa shape index (κ1) is 15.7. The van der Waals surface area contributed by atoms with Crippen LogP contribution in [0.15, 0.2) is 24.3 Å². The van der Waals surface area contributed by atoms with Crippen molar-refractivity contribution in [3.8, 4) is 5.75 Å². The van der Waals surface area contributed by atoms with E-state index in [4.69, 9.17) is 4.74 Å². The van der Waals surface area contributed by atoms with Gasteiger partial charge in [-0.05, 0) is 43.5 Å². The van der Waals surface area contributed by atoms with E-state index in [1.165, 1.54) is 19.3 Å². The molecule has 21 heavy (non-hydrogen) atoms. The van der Waals surface area contributed by atoms with E-state index in [1.807, 2.05) is 24.3 Å². The van der Waals surface area contributed by atoms with Crippen LogP contribution in [0.5, 0.6) is 5.75 Å². The molecule has 0 saturated heterocycles. The molecule has 2 rings (SSSR count). The zero-order chi connectivity index (χ0) is 14.9. The molecule has 1 aromatic rings. The molecule has 0 aliphatic heterocycles. The van der Waals surface area contributed by atoms with Crippen molar-refractivity contribution in [3.05, 3.63) is 24.3 Å². The highest BCUT2D eigenvalue weighted by Gasteiger charge is 2.15. The molecule has 1 saturated carbocycles. The fourth-order valence-corrected chi connectivity index (χ4v) is 2.60. The summed E-state index contributed by atoms with van der Waals surface area (Å²) in [4.78, 5) is 11.9. The van der Waals surface area contributed by atoms with E-state index in [-0.39, 0.29) is 5.91 Å². The quantitative estimate of drug-likeness (QED) is 0.810. The van der Waals surface area contributed by atoms with E-state index < -0.39 is 0 Å². The van der Waals surface area contributed by atoms with Gasteiger partial charge in [0.05, 0.1) is 13.2 Å². The van der Waals surface area contributed by atoms with Crippen molar-refractivity contribution in [3.63, 3.8) is 0 Å². The summed E-state index contributed by atoms with van der Waals surface area (Å²) in [5.74, 6) is 0.947. The highest BCUT2D eigenvalue weighted by molar-refractivity contribution is 5.81. The molecule has 1 fully saturated rings. The Hall–Kier alpha value is -1.71.